The van der Waals surface area contributed by atoms with E-state index >= 15 is 0 Å². The zero-order valence-corrected chi connectivity index (χ0v) is 4.76. The molecule has 0 spiro atoms. The molecule has 3 atom stereocenters. The standard InChI is InChI=1S/C7H10O/c8-7-4-5-1-2-6(7)3-5/h5-6H,1-4H2/t5-,6+/m1/s1/i4D/t4-,5+,6-/m0. The fourth-order valence-electron chi connectivity index (χ4n) is 1.79. The van der Waals surface area contributed by atoms with E-state index in [9.17, 15) is 4.79 Å². The van der Waals surface area contributed by atoms with Gasteiger partial charge in [-0.3, -0.25) is 4.79 Å². The summed E-state index contributed by atoms with van der Waals surface area (Å²) in [6.45, 7) is 0. The summed E-state index contributed by atoms with van der Waals surface area (Å²) in [5.41, 5.74) is 0. The predicted molar refractivity (Wildman–Crippen MR) is 30.5 cm³/mol. The van der Waals surface area contributed by atoms with Gasteiger partial charge in [0.25, 0.3) is 0 Å². The van der Waals surface area contributed by atoms with E-state index < -0.39 is 0 Å². The van der Waals surface area contributed by atoms with Gasteiger partial charge in [0.15, 0.2) is 0 Å². The first-order chi connectivity index (χ1) is 4.29. The molecule has 0 saturated heterocycles. The highest BCUT2D eigenvalue weighted by atomic mass is 16.1. The van der Waals surface area contributed by atoms with E-state index in [0.29, 0.717) is 5.92 Å². The molecule has 0 aromatic carbocycles. The maximum atomic E-state index is 11.0. The van der Waals surface area contributed by atoms with Crippen LogP contribution in [0.2, 0.25) is 0 Å². The van der Waals surface area contributed by atoms with Crippen molar-refractivity contribution in [2.45, 2.75) is 25.7 Å². The molecule has 1 nitrogen and oxygen atoms in total. The van der Waals surface area contributed by atoms with Crippen molar-refractivity contribution < 1.29 is 6.17 Å². The van der Waals surface area contributed by atoms with E-state index in [1.54, 1.807) is 0 Å². The van der Waals surface area contributed by atoms with Crippen molar-refractivity contribution in [3.8, 4) is 0 Å². The lowest BCUT2D eigenvalue weighted by Gasteiger charge is -2.04. The summed E-state index contributed by atoms with van der Waals surface area (Å²) in [6.07, 6.45) is 2.87. The van der Waals surface area contributed by atoms with Gasteiger partial charge in [-0.2, -0.15) is 0 Å². The summed E-state index contributed by atoms with van der Waals surface area (Å²) in [5, 5.41) is 0. The third kappa shape index (κ3) is 0.445. The van der Waals surface area contributed by atoms with Crippen LogP contribution in [0.3, 0.4) is 0 Å². The van der Waals surface area contributed by atoms with Crippen LogP contribution in [0.15, 0.2) is 0 Å². The Morgan fingerprint density at radius 1 is 1.62 bits per heavy atom. The molecule has 0 unspecified atom stereocenters. The minimum atomic E-state index is -0.344. The van der Waals surface area contributed by atoms with Crippen LogP contribution in [-0.4, -0.2) is 5.78 Å². The van der Waals surface area contributed by atoms with E-state index in [1.165, 1.54) is 0 Å². The van der Waals surface area contributed by atoms with Crippen molar-refractivity contribution in [3.63, 3.8) is 0 Å². The number of hydrogen-bond acceptors (Lipinski definition) is 1. The smallest absolute Gasteiger partial charge is 0.136 e. The lowest BCUT2D eigenvalue weighted by molar-refractivity contribution is -0.121. The van der Waals surface area contributed by atoms with Gasteiger partial charge >= 0.3 is 0 Å². The molecule has 2 saturated carbocycles. The molecule has 2 fully saturated rings. The maximum absolute atomic E-state index is 11.0. The minimum absolute atomic E-state index is 0.214. The van der Waals surface area contributed by atoms with Gasteiger partial charge in [-0.25, -0.2) is 0 Å². The molecule has 0 aromatic rings. The number of ketones is 1. The summed E-state index contributed by atoms with van der Waals surface area (Å²) < 4.78 is 7.38. The Kier molecular flexibility index (Phi) is 0.609. The van der Waals surface area contributed by atoms with Crippen LogP contribution in [0.4, 0.5) is 0 Å². The Bertz CT molecular complexity index is 151. The zero-order valence-electron chi connectivity index (χ0n) is 5.76. The summed E-state index contributed by atoms with van der Waals surface area (Å²) in [5.74, 6) is 0.936. The fourth-order valence-corrected chi connectivity index (χ4v) is 1.79. The number of fused-ring (bicyclic) bond motifs is 2. The van der Waals surface area contributed by atoms with E-state index in [1.807, 2.05) is 0 Å². The zero-order chi connectivity index (χ0) is 6.43. The predicted octanol–water partition coefficient (Wildman–Crippen LogP) is 1.38. The van der Waals surface area contributed by atoms with Gasteiger partial charge in [0.05, 0.1) is 0 Å². The van der Waals surface area contributed by atoms with Gasteiger partial charge in [0.1, 0.15) is 5.78 Å². The summed E-state index contributed by atoms with van der Waals surface area (Å²) >= 11 is 0. The normalized spacial score (nSPS) is 54.8. The van der Waals surface area contributed by atoms with Crippen LogP contribution in [0.5, 0.6) is 0 Å². The molecule has 1 heteroatoms. The monoisotopic (exact) mass is 111 g/mol. The molecular weight excluding hydrogens is 100 g/mol. The molecule has 2 aliphatic rings. The highest BCUT2D eigenvalue weighted by Gasteiger charge is 2.37. The van der Waals surface area contributed by atoms with Crippen LogP contribution >= 0.6 is 0 Å². The first-order valence-electron chi connectivity index (χ1n) is 3.83. The van der Waals surface area contributed by atoms with Gasteiger partial charge in [-0.1, -0.05) is 0 Å². The maximum Gasteiger partial charge on any atom is 0.136 e. The van der Waals surface area contributed by atoms with Crippen molar-refractivity contribution in [1.29, 1.82) is 0 Å². The van der Waals surface area contributed by atoms with Crippen molar-refractivity contribution in [1.82, 2.24) is 0 Å². The topological polar surface area (TPSA) is 17.1 Å². The van der Waals surface area contributed by atoms with Crippen molar-refractivity contribution in [2.24, 2.45) is 11.8 Å². The first kappa shape index (κ1) is 3.65. The first-order valence-corrected chi connectivity index (χ1v) is 3.25. The Labute approximate surface area is 50.5 Å². The molecule has 0 aliphatic heterocycles. The Hall–Kier alpha value is -0.330. The highest BCUT2D eigenvalue weighted by Crippen LogP contribution is 2.41. The third-order valence-corrected chi connectivity index (χ3v) is 2.28. The quantitative estimate of drug-likeness (QED) is 0.461. The van der Waals surface area contributed by atoms with Crippen LogP contribution < -0.4 is 0 Å². The molecule has 2 bridgehead atoms. The van der Waals surface area contributed by atoms with Gasteiger partial charge in [-0.05, 0) is 25.2 Å². The Morgan fingerprint density at radius 3 is 2.88 bits per heavy atom. The van der Waals surface area contributed by atoms with Crippen LogP contribution in [0, 0.1) is 11.8 Å². The number of carbonyl (C=O) groups is 1. The third-order valence-electron chi connectivity index (χ3n) is 2.28. The largest absolute Gasteiger partial charge is 0.299 e. The van der Waals surface area contributed by atoms with E-state index in [2.05, 4.69) is 0 Å². The molecule has 0 radical (unpaired) electrons. The molecule has 44 valence electrons. The Balaban J connectivity index is 2.25. The second kappa shape index (κ2) is 1.34. The number of Topliss-reactive ketones (excluding diaryl/α,β-unsaturated/α-hetero) is 1. The van der Waals surface area contributed by atoms with Gasteiger partial charge in [0, 0.05) is 13.7 Å². The molecule has 0 heterocycles. The SMILES string of the molecule is [2H][C@@H]1C(=O)[C@H]2CC[C@@H]1C2. The highest BCUT2D eigenvalue weighted by molar-refractivity contribution is 5.84. The lowest BCUT2D eigenvalue weighted by atomic mass is 10.00. The van der Waals surface area contributed by atoms with Crippen LogP contribution in [-0.2, 0) is 4.79 Å². The number of hydrogen-bond donors (Lipinski definition) is 0. The van der Waals surface area contributed by atoms with Crippen molar-refractivity contribution >= 4 is 5.78 Å². The summed E-state index contributed by atoms with van der Waals surface area (Å²) in [7, 11) is 0. The molecule has 2 rings (SSSR count). The number of carbonyl (C=O) groups excluding carboxylic acids is 1. The Morgan fingerprint density at radius 2 is 2.50 bits per heavy atom. The van der Waals surface area contributed by atoms with E-state index in [-0.39, 0.29) is 18.1 Å². The molecule has 0 amide bonds. The fraction of sp³-hybridized carbons (Fsp3) is 0.857. The minimum Gasteiger partial charge on any atom is -0.299 e. The number of rotatable bonds is 0. The second-order valence-electron chi connectivity index (χ2n) is 2.84. The second-order valence-corrected chi connectivity index (χ2v) is 2.84. The molecule has 8 heavy (non-hydrogen) atoms. The molecule has 0 N–H and O–H groups in total. The van der Waals surface area contributed by atoms with E-state index in [0.717, 1.165) is 19.3 Å². The van der Waals surface area contributed by atoms with Crippen LogP contribution in [0.1, 0.15) is 27.0 Å². The molecular formula is C7H10O. The van der Waals surface area contributed by atoms with Crippen LogP contribution in [0.25, 0.3) is 0 Å². The average molecular weight is 111 g/mol. The molecule has 2 aliphatic carbocycles. The lowest BCUT2D eigenvalue weighted by Crippen LogP contribution is -2.07. The van der Waals surface area contributed by atoms with Gasteiger partial charge in [0.2, 0.25) is 0 Å². The van der Waals surface area contributed by atoms with E-state index in [4.69, 9.17) is 1.37 Å². The van der Waals surface area contributed by atoms with Gasteiger partial charge in [-0.15, -0.1) is 0 Å². The summed E-state index contributed by atoms with van der Waals surface area (Å²) in [6, 6.07) is 0. The van der Waals surface area contributed by atoms with Crippen molar-refractivity contribution in [2.75, 3.05) is 0 Å². The average Bonchev–Trinajstić information content (AvgIpc) is 2.37. The van der Waals surface area contributed by atoms with Crippen molar-refractivity contribution in [3.05, 3.63) is 0 Å². The molecule has 0 aromatic heterocycles. The van der Waals surface area contributed by atoms with Gasteiger partial charge < -0.3 is 0 Å². The summed E-state index contributed by atoms with van der Waals surface area (Å²) in [4.78, 5) is 11.0.